The minimum atomic E-state index is -4.57. The highest BCUT2D eigenvalue weighted by atomic mass is 32.2. The number of carbonyl (C=O) groups is 3. The molecule has 1 aromatic heterocycles. The highest BCUT2D eigenvalue weighted by Gasteiger charge is 2.37. The van der Waals surface area contributed by atoms with Crippen LogP contribution in [0.25, 0.3) is 17.4 Å². The summed E-state index contributed by atoms with van der Waals surface area (Å²) in [5, 5.41) is 2.05. The molecule has 35 heavy (non-hydrogen) atoms. The predicted molar refractivity (Wildman–Crippen MR) is 126 cm³/mol. The van der Waals surface area contributed by atoms with Crippen LogP contribution in [-0.2, 0) is 15.8 Å². The van der Waals surface area contributed by atoms with Crippen molar-refractivity contribution in [3.05, 3.63) is 82.0 Å². The van der Waals surface area contributed by atoms with E-state index in [1.165, 1.54) is 36.4 Å². The molecular weight excluding hydrogens is 481 g/mol. The number of furan rings is 1. The number of anilines is 1. The molecule has 4 rings (SSSR count). The van der Waals surface area contributed by atoms with Gasteiger partial charge in [-0.1, -0.05) is 35.9 Å². The van der Waals surface area contributed by atoms with Crippen molar-refractivity contribution in [1.29, 1.82) is 0 Å². The molecule has 3 amide bonds. The summed E-state index contributed by atoms with van der Waals surface area (Å²) in [7, 11) is 0. The predicted octanol–water partition coefficient (Wildman–Crippen LogP) is 6.26. The molecule has 3 aromatic rings. The van der Waals surface area contributed by atoms with E-state index in [0.717, 1.165) is 22.1 Å². The number of carbonyl (C=O) groups excluding carboxylic acids is 3. The molecule has 1 aliphatic rings. The lowest BCUT2D eigenvalue weighted by Crippen LogP contribution is -2.36. The van der Waals surface area contributed by atoms with Crippen LogP contribution >= 0.6 is 11.8 Å². The highest BCUT2D eigenvalue weighted by Crippen LogP contribution is 2.38. The van der Waals surface area contributed by atoms with Gasteiger partial charge in [0.2, 0.25) is 5.91 Å². The first-order valence-corrected chi connectivity index (χ1v) is 11.2. The summed E-state index contributed by atoms with van der Waals surface area (Å²) in [6, 6.07) is 13.2. The van der Waals surface area contributed by atoms with Crippen molar-refractivity contribution in [2.24, 2.45) is 0 Å². The van der Waals surface area contributed by atoms with E-state index in [0.29, 0.717) is 17.4 Å². The molecule has 0 aliphatic carbocycles. The van der Waals surface area contributed by atoms with Crippen molar-refractivity contribution >= 4 is 40.6 Å². The Labute approximate surface area is 202 Å². The minimum Gasteiger partial charge on any atom is -0.457 e. The van der Waals surface area contributed by atoms with Crippen molar-refractivity contribution in [3.63, 3.8) is 0 Å². The van der Waals surface area contributed by atoms with Crippen molar-refractivity contribution in [3.8, 4) is 11.3 Å². The molecule has 2 heterocycles. The number of nitrogens with one attached hydrogen (secondary N) is 1. The topological polar surface area (TPSA) is 79.6 Å². The molecular formula is C25H19F3N2O4S. The van der Waals surface area contributed by atoms with E-state index in [2.05, 4.69) is 5.32 Å². The Balaban J connectivity index is 1.49. The normalized spacial score (nSPS) is 15.2. The van der Waals surface area contributed by atoms with Crippen LogP contribution in [0.1, 0.15) is 22.5 Å². The Morgan fingerprint density at radius 3 is 2.54 bits per heavy atom. The molecule has 0 spiro atoms. The maximum absolute atomic E-state index is 13.3. The first-order chi connectivity index (χ1) is 16.5. The number of aryl methyl sites for hydroxylation is 2. The van der Waals surface area contributed by atoms with Crippen LogP contribution in [-0.4, -0.2) is 28.5 Å². The molecule has 0 unspecified atom stereocenters. The summed E-state index contributed by atoms with van der Waals surface area (Å²) in [6.45, 7) is 3.27. The largest absolute Gasteiger partial charge is 0.457 e. The average Bonchev–Trinajstić information content (AvgIpc) is 3.35. The number of nitrogens with zero attached hydrogens (tertiary/aromatic N) is 1. The van der Waals surface area contributed by atoms with Crippen molar-refractivity contribution in [1.82, 2.24) is 4.90 Å². The van der Waals surface area contributed by atoms with Gasteiger partial charge in [0.1, 0.15) is 18.1 Å². The van der Waals surface area contributed by atoms with Gasteiger partial charge in [0.15, 0.2) is 0 Å². The van der Waals surface area contributed by atoms with Crippen LogP contribution < -0.4 is 5.32 Å². The number of alkyl halides is 3. The van der Waals surface area contributed by atoms with Gasteiger partial charge in [0.05, 0.1) is 10.5 Å². The van der Waals surface area contributed by atoms with Crippen molar-refractivity contribution < 1.29 is 32.0 Å². The van der Waals surface area contributed by atoms with Crippen molar-refractivity contribution in [2.45, 2.75) is 20.0 Å². The van der Waals surface area contributed by atoms with Gasteiger partial charge in [-0.25, -0.2) is 0 Å². The van der Waals surface area contributed by atoms with Crippen LogP contribution in [0.15, 0.2) is 63.9 Å². The third kappa shape index (κ3) is 5.32. The van der Waals surface area contributed by atoms with Gasteiger partial charge < -0.3 is 9.73 Å². The van der Waals surface area contributed by atoms with Gasteiger partial charge in [0, 0.05) is 17.3 Å². The minimum absolute atomic E-state index is 0.000627. The van der Waals surface area contributed by atoms with Crippen LogP contribution in [0.5, 0.6) is 0 Å². The van der Waals surface area contributed by atoms with E-state index in [9.17, 15) is 27.6 Å². The maximum atomic E-state index is 13.3. The maximum Gasteiger partial charge on any atom is 0.417 e. The van der Waals surface area contributed by atoms with Gasteiger partial charge in [0.25, 0.3) is 11.1 Å². The molecule has 0 bridgehead atoms. The SMILES string of the molecule is Cc1ccc(NC(=O)CN2C(=O)S/C(=C/c3ccc(-c4ccccc4C(F)(F)F)o3)C2=O)c(C)c1. The summed E-state index contributed by atoms with van der Waals surface area (Å²) < 4.78 is 45.4. The fourth-order valence-corrected chi connectivity index (χ4v) is 4.39. The number of hydrogen-bond acceptors (Lipinski definition) is 5. The second kappa shape index (κ2) is 9.46. The number of amides is 3. The molecule has 0 radical (unpaired) electrons. The molecule has 1 aliphatic heterocycles. The zero-order chi connectivity index (χ0) is 25.3. The zero-order valence-corrected chi connectivity index (χ0v) is 19.4. The van der Waals surface area contributed by atoms with Gasteiger partial charge in [-0.3, -0.25) is 19.3 Å². The number of rotatable bonds is 5. The van der Waals surface area contributed by atoms with Crippen LogP contribution in [0, 0.1) is 13.8 Å². The third-order valence-corrected chi connectivity index (χ3v) is 6.14. The Bertz CT molecular complexity index is 1360. The molecule has 6 nitrogen and oxygen atoms in total. The zero-order valence-electron chi connectivity index (χ0n) is 18.6. The molecule has 1 N–H and O–H groups in total. The Kier molecular flexibility index (Phi) is 6.58. The quantitative estimate of drug-likeness (QED) is 0.419. The summed E-state index contributed by atoms with van der Waals surface area (Å²) in [5.41, 5.74) is 1.45. The molecule has 10 heteroatoms. The van der Waals surface area contributed by atoms with E-state index < -0.39 is 35.3 Å². The molecule has 2 aromatic carbocycles. The number of hydrogen-bond donors (Lipinski definition) is 1. The molecule has 1 fully saturated rings. The smallest absolute Gasteiger partial charge is 0.417 e. The van der Waals surface area contributed by atoms with Gasteiger partial charge >= 0.3 is 6.18 Å². The van der Waals surface area contributed by atoms with E-state index in [4.69, 9.17) is 4.42 Å². The Morgan fingerprint density at radius 1 is 1.09 bits per heavy atom. The molecule has 0 atom stereocenters. The molecule has 1 saturated heterocycles. The fourth-order valence-electron chi connectivity index (χ4n) is 3.57. The second-order valence-electron chi connectivity index (χ2n) is 7.88. The Hall–Kier alpha value is -3.79. The lowest BCUT2D eigenvalue weighted by atomic mass is 10.1. The first kappa shape index (κ1) is 24.3. The van der Waals surface area contributed by atoms with E-state index in [1.54, 1.807) is 6.07 Å². The number of benzene rings is 2. The van der Waals surface area contributed by atoms with E-state index >= 15 is 0 Å². The number of halogens is 3. The summed E-state index contributed by atoms with van der Waals surface area (Å²) in [6.07, 6.45) is -3.30. The van der Waals surface area contributed by atoms with Crippen LogP contribution in [0.4, 0.5) is 23.7 Å². The average molecular weight is 500 g/mol. The molecule has 180 valence electrons. The first-order valence-electron chi connectivity index (χ1n) is 10.4. The number of imide groups is 1. The van der Waals surface area contributed by atoms with Gasteiger partial charge in [-0.15, -0.1) is 0 Å². The number of thioether (sulfide) groups is 1. The summed E-state index contributed by atoms with van der Waals surface area (Å²) in [4.78, 5) is 38.3. The summed E-state index contributed by atoms with van der Waals surface area (Å²) in [5.74, 6) is -1.16. The van der Waals surface area contributed by atoms with Crippen molar-refractivity contribution in [2.75, 3.05) is 11.9 Å². The lowest BCUT2D eigenvalue weighted by molar-refractivity contribution is -0.137. The fraction of sp³-hybridized carbons (Fsp3) is 0.160. The lowest BCUT2D eigenvalue weighted by Gasteiger charge is -2.13. The van der Waals surface area contributed by atoms with E-state index in [-0.39, 0.29) is 22.0 Å². The Morgan fingerprint density at radius 2 is 1.83 bits per heavy atom. The second-order valence-corrected chi connectivity index (χ2v) is 8.87. The third-order valence-electron chi connectivity index (χ3n) is 5.23. The highest BCUT2D eigenvalue weighted by molar-refractivity contribution is 8.18. The molecule has 0 saturated carbocycles. The standard InChI is InChI=1S/C25H19F3N2O4S/c1-14-7-9-19(15(2)11-14)29-22(31)13-30-23(32)21(35-24(30)33)12-16-8-10-20(34-16)17-5-3-4-6-18(17)25(26,27)28/h3-12H,13H2,1-2H3,(H,29,31)/b21-12+. The van der Waals surface area contributed by atoms with Crippen LogP contribution in [0.3, 0.4) is 0 Å². The van der Waals surface area contributed by atoms with Gasteiger partial charge in [-0.2, -0.15) is 13.2 Å². The van der Waals surface area contributed by atoms with Gasteiger partial charge in [-0.05, 0) is 55.4 Å². The van der Waals surface area contributed by atoms with E-state index in [1.807, 2.05) is 26.0 Å². The monoisotopic (exact) mass is 500 g/mol. The van der Waals surface area contributed by atoms with Crippen LogP contribution in [0.2, 0.25) is 0 Å². The summed E-state index contributed by atoms with van der Waals surface area (Å²) >= 11 is 0.621.